The molecule has 0 saturated heterocycles. The number of ketones is 2. The van der Waals surface area contributed by atoms with E-state index in [0.717, 1.165) is 36.1 Å². The maximum absolute atomic E-state index is 10.0. The van der Waals surface area contributed by atoms with Gasteiger partial charge in [0.25, 0.3) is 5.97 Å². The van der Waals surface area contributed by atoms with Crippen molar-refractivity contribution in [3.63, 3.8) is 0 Å². The smallest absolute Gasteiger partial charge is 0.300 e. The third-order valence-corrected chi connectivity index (χ3v) is 23.3. The standard InChI is InChI=1S/C31H35P3.C29H42N2.C8H10.C5H8O2.2C4H10.C2H4O2.H6P4/c1-2-23-32(24-26-33(28-15-7-3-8-16-28)29-17-9-4-10-18-29)25-27-34(30-19-11-5-12-20-30)31-21-13-6-14-22-31;1-18(2)24-13-11-14-25(19(3)4)28(24)30-22(9)17-23(10)31-29-26(20(5)6)15-12-16-27(29)21(7)8;1-7-5-3-4-6-8(7)2;1-4(6)3-5(2)7;2*1-3-4-2;1-2(3)4;1-4(2)3/h3-22H,2,23-27H2,1H3;11-16,18-21H,17H2,1-10H3;3-6H,1-2H3;3H2,1-2H3;2*3-4H2,1-2H3;1H3,(H,3,4);1-3H2. The highest BCUT2D eigenvalue weighted by Gasteiger charge is 2.21. The Balaban J connectivity index is 0.00000131. The fraction of sp³-hybridized carbons (Fsp3) is 0.434. The molecule has 6 nitrogen and oxygen atoms in total. The van der Waals surface area contributed by atoms with Gasteiger partial charge in [0.15, 0.2) is 0 Å². The first-order valence-corrected chi connectivity index (χ1v) is 45.8. The van der Waals surface area contributed by atoms with Gasteiger partial charge in [-0.3, -0.25) is 24.4 Å². The first-order chi connectivity index (χ1) is 45.6. The summed E-state index contributed by atoms with van der Waals surface area (Å²) in [7, 11) is 7.42. The van der Waals surface area contributed by atoms with Gasteiger partial charge in [-0.05, 0) is 173 Å². The fourth-order valence-electron chi connectivity index (χ4n) is 9.51. The topological polar surface area (TPSA) is 96.2 Å². The van der Waals surface area contributed by atoms with Gasteiger partial charge in [-0.1, -0.05) is 304 Å². The Kier molecular flexibility index (Phi) is 53.0. The minimum Gasteiger partial charge on any atom is -0.481 e. The number of aliphatic imine (C=N–C) groups is 2. The highest BCUT2D eigenvalue weighted by Crippen LogP contribution is 2.60. The van der Waals surface area contributed by atoms with Crippen LogP contribution in [0.3, 0.4) is 0 Å². The lowest BCUT2D eigenvalue weighted by atomic mass is 9.92. The van der Waals surface area contributed by atoms with Gasteiger partial charge in [-0.25, -0.2) is 0 Å². The minimum absolute atomic E-state index is 0.0452. The van der Waals surface area contributed by atoms with E-state index in [2.05, 4.69) is 326 Å². The third-order valence-electron chi connectivity index (χ3n) is 14.8. The van der Waals surface area contributed by atoms with Crippen molar-refractivity contribution in [3.05, 3.63) is 215 Å². The van der Waals surface area contributed by atoms with E-state index < -0.39 is 5.97 Å². The predicted molar refractivity (Wildman–Crippen MR) is 452 cm³/mol. The number of hydrogen-bond acceptors (Lipinski definition) is 5. The van der Waals surface area contributed by atoms with E-state index in [0.29, 0.717) is 23.7 Å². The Morgan fingerprint density at radius 3 is 0.792 bits per heavy atom. The Labute approximate surface area is 598 Å². The summed E-state index contributed by atoms with van der Waals surface area (Å²) in [5, 5.41) is 13.5. The van der Waals surface area contributed by atoms with Crippen molar-refractivity contribution in [1.29, 1.82) is 0 Å². The van der Waals surface area contributed by atoms with Gasteiger partial charge in [-0.2, -0.15) is 0 Å². The molecule has 0 radical (unpaired) electrons. The van der Waals surface area contributed by atoms with Gasteiger partial charge in [0, 0.05) is 24.8 Å². The predicted octanol–water partition coefficient (Wildman–Crippen LogP) is 25.0. The molecule has 0 fully saturated rings. The molecule has 0 saturated carbocycles. The van der Waals surface area contributed by atoms with E-state index in [1.165, 1.54) is 131 Å². The molecule has 0 aliphatic carbocycles. The molecular weight excluding hydrogens is 1310 g/mol. The maximum atomic E-state index is 10.0. The highest BCUT2D eigenvalue weighted by molar-refractivity contribution is 8.65. The zero-order valence-corrected chi connectivity index (χ0v) is 69.7. The number of carbonyl (C=O) groups is 3. The van der Waals surface area contributed by atoms with Gasteiger partial charge in [0.05, 0.1) is 17.8 Å². The van der Waals surface area contributed by atoms with Crippen LogP contribution in [0.25, 0.3) is 0 Å². The van der Waals surface area contributed by atoms with Crippen LogP contribution in [0.15, 0.2) is 192 Å². The summed E-state index contributed by atoms with van der Waals surface area (Å²) in [5.41, 5.74) is 12.6. The molecule has 7 aromatic carbocycles. The molecular formula is C83H125N2O4P7. The summed E-state index contributed by atoms with van der Waals surface area (Å²) >= 11 is 0. The van der Waals surface area contributed by atoms with Gasteiger partial charge in [-0.15, -0.1) is 34.7 Å². The lowest BCUT2D eigenvalue weighted by Gasteiger charge is -2.25. The normalized spacial score (nSPS) is 10.9. The number of carbonyl (C=O) groups excluding carboxylic acids is 2. The molecule has 0 aromatic heterocycles. The molecule has 1 N–H and O–H groups in total. The molecule has 7 rings (SSSR count). The number of rotatable bonds is 24. The van der Waals surface area contributed by atoms with Crippen molar-refractivity contribution >= 4 is 119 Å². The van der Waals surface area contributed by atoms with Crippen molar-refractivity contribution in [1.82, 2.24) is 0 Å². The van der Waals surface area contributed by atoms with Crippen LogP contribution in [0.1, 0.15) is 227 Å². The molecule has 3 atom stereocenters. The van der Waals surface area contributed by atoms with Gasteiger partial charge in [0.2, 0.25) is 0 Å². The average molecular weight is 1430 g/mol. The summed E-state index contributed by atoms with van der Waals surface area (Å²) < 4.78 is 0. The molecule has 0 amide bonds. The fourth-order valence-corrected chi connectivity index (χ4v) is 18.4. The van der Waals surface area contributed by atoms with Crippen molar-refractivity contribution in [3.8, 4) is 0 Å². The quantitative estimate of drug-likeness (QED) is 0.0370. The molecule has 526 valence electrons. The minimum atomic E-state index is -0.833. The summed E-state index contributed by atoms with van der Waals surface area (Å²) in [6.07, 6.45) is 14.2. The SMILES string of the molecule is CC(=O)CC(C)=O.CC(=O)O.CC(CC(C)=Nc1c(C(C)C)cccc1C(C)C)=Nc1c(C(C)C)cccc1C(C)C.CCCC.CCCC.CCCP(CCP(c1ccccc1)c1ccccc1)CCP(c1ccccc1)c1ccccc1.Cc1ccccc1C.PP(P)P. The van der Waals surface area contributed by atoms with Crippen LogP contribution in [0.4, 0.5) is 11.4 Å². The Bertz CT molecular complexity index is 2880. The second-order valence-corrected chi connectivity index (χ2v) is 44.2. The van der Waals surface area contributed by atoms with E-state index in [1.807, 2.05) is 0 Å². The second-order valence-electron chi connectivity index (χ2n) is 25.2. The average Bonchev–Trinajstić information content (AvgIpc) is 0.856. The number of carboxylic acids is 1. The molecule has 13 heteroatoms. The first kappa shape index (κ1) is 91.7. The van der Waals surface area contributed by atoms with Crippen LogP contribution in [0.2, 0.25) is 0 Å². The number of benzene rings is 7. The number of hydrogen-bond donors (Lipinski definition) is 1. The van der Waals surface area contributed by atoms with E-state index in [9.17, 15) is 9.59 Å². The third kappa shape index (κ3) is 42.0. The van der Waals surface area contributed by atoms with Crippen LogP contribution in [0.5, 0.6) is 0 Å². The van der Waals surface area contributed by atoms with E-state index in [1.54, 1.807) is 0 Å². The van der Waals surface area contributed by atoms with Crippen LogP contribution >= 0.6 is 57.5 Å². The van der Waals surface area contributed by atoms with Crippen LogP contribution in [-0.4, -0.2) is 64.9 Å². The van der Waals surface area contributed by atoms with Gasteiger partial charge in [0.1, 0.15) is 11.6 Å². The molecule has 96 heavy (non-hydrogen) atoms. The zero-order valence-electron chi connectivity index (χ0n) is 62.7. The van der Waals surface area contributed by atoms with Gasteiger partial charge < -0.3 is 5.11 Å². The summed E-state index contributed by atoms with van der Waals surface area (Å²) in [5.74, 6) is 0.844. The van der Waals surface area contributed by atoms with Crippen molar-refractivity contribution in [2.75, 3.05) is 30.8 Å². The largest absolute Gasteiger partial charge is 0.481 e. The number of Topliss-reactive ketones (excluding diaryl/α,β-unsaturated/α-hetero) is 2. The summed E-state index contributed by atoms with van der Waals surface area (Å²) in [6, 6.07) is 66.5. The van der Waals surface area contributed by atoms with Crippen LogP contribution < -0.4 is 21.2 Å². The number of aliphatic carboxylic acids is 1. The van der Waals surface area contributed by atoms with Crippen LogP contribution in [-0.2, 0) is 14.4 Å². The van der Waals surface area contributed by atoms with Crippen molar-refractivity contribution in [2.24, 2.45) is 9.98 Å². The molecule has 7 aromatic rings. The van der Waals surface area contributed by atoms with Crippen LogP contribution in [0, 0.1) is 13.8 Å². The maximum Gasteiger partial charge on any atom is 0.300 e. The first-order valence-electron chi connectivity index (χ1n) is 34.7. The second kappa shape index (κ2) is 55.5. The number of nitrogens with zero attached hydrogens (tertiary/aromatic N) is 2. The number of aryl methyl sites for hydroxylation is 2. The molecule has 0 spiro atoms. The van der Waals surface area contributed by atoms with E-state index in [-0.39, 0.29) is 48.7 Å². The number of unbranched alkanes of at least 4 members (excludes halogenated alkanes) is 2. The van der Waals surface area contributed by atoms with E-state index in [4.69, 9.17) is 19.9 Å². The number of para-hydroxylation sites is 2. The molecule has 0 heterocycles. The summed E-state index contributed by atoms with van der Waals surface area (Å²) in [4.78, 5) is 39.3. The lowest BCUT2D eigenvalue weighted by Crippen LogP contribution is -2.17. The Morgan fingerprint density at radius 1 is 0.365 bits per heavy atom. The number of carboxylic acid groups (broad SMARTS) is 1. The van der Waals surface area contributed by atoms with Gasteiger partial charge >= 0.3 is 0 Å². The zero-order chi connectivity index (χ0) is 72.5. The highest BCUT2D eigenvalue weighted by atomic mass is 32.7. The molecule has 0 aliphatic rings. The van der Waals surface area contributed by atoms with Crippen molar-refractivity contribution in [2.45, 2.75) is 207 Å². The Morgan fingerprint density at radius 2 is 0.604 bits per heavy atom. The van der Waals surface area contributed by atoms with Crippen molar-refractivity contribution < 1.29 is 19.5 Å². The molecule has 0 aliphatic heterocycles. The monoisotopic (exact) mass is 1430 g/mol. The lowest BCUT2D eigenvalue weighted by molar-refractivity contribution is -0.134. The summed E-state index contributed by atoms with van der Waals surface area (Å²) in [6.45, 7) is 41.6. The van der Waals surface area contributed by atoms with E-state index >= 15 is 0 Å². The Hall–Kier alpha value is -4.30. The molecule has 0 bridgehead atoms. The molecule has 3 unspecified atom stereocenters.